The van der Waals surface area contributed by atoms with Crippen molar-refractivity contribution < 1.29 is 58.2 Å². The van der Waals surface area contributed by atoms with Crippen molar-refractivity contribution >= 4 is 23.9 Å². The lowest BCUT2D eigenvalue weighted by Gasteiger charge is -2.40. The molecule has 488 valence electrons. The van der Waals surface area contributed by atoms with Crippen molar-refractivity contribution in [3.8, 4) is 0 Å². The normalized spacial score (nSPS) is 18.0. The summed E-state index contributed by atoms with van der Waals surface area (Å²) < 4.78 is 28.6. The first-order valence-corrected chi connectivity index (χ1v) is 34.6. The zero-order valence-corrected chi connectivity index (χ0v) is 54.1. The third-order valence-corrected chi connectivity index (χ3v) is 15.5. The predicted molar refractivity (Wildman–Crippen MR) is 349 cm³/mol. The number of carboxylic acid groups (broad SMARTS) is 1. The van der Waals surface area contributed by atoms with E-state index >= 15 is 0 Å². The lowest BCUT2D eigenvalue weighted by Crippen LogP contribution is -2.61. The second-order valence-corrected chi connectivity index (χ2v) is 23.4. The highest BCUT2D eigenvalue weighted by Crippen LogP contribution is 2.27. The summed E-state index contributed by atoms with van der Waals surface area (Å²) in [6.45, 7) is 5.87. The summed E-state index contributed by atoms with van der Waals surface area (Å²) in [5, 5.41) is 31.7. The molecule has 1 heterocycles. The van der Waals surface area contributed by atoms with Crippen LogP contribution < -0.4 is 0 Å². The Balaban J connectivity index is 2.67. The van der Waals surface area contributed by atoms with Crippen LogP contribution in [0.1, 0.15) is 303 Å². The topological polar surface area (TPSA) is 175 Å². The largest absolute Gasteiger partial charge is 0.479 e. The standard InChI is InChI=1S/C73H124O12/c1-4-7-10-13-16-19-22-25-28-31-33-36-38-41-44-47-50-53-56-59-65(74)81-62-64(83-66(75)60-57-54-51-48-45-42-40-37-34-32-29-26-23-20-17-14-11-8-5-2)63-82-73-71(69(78)68(77)70(85-73)72(79)80)84-67(76)61-58-55-52-49-46-43-39-35-30-27-24-21-18-15-12-9-6-3/h7,10,16-17,19-20,25-26,28-29,33,36,41,44,64,68-71,73,77-78H,4-6,8-9,11-15,18,21-24,27,30-32,34-35,37-40,42-43,45-63H2,1-3H3,(H,79,80)/b10-7-,19-16-,20-17-,28-25-,29-26-,36-33-,44-41-. The van der Waals surface area contributed by atoms with Crippen LogP contribution in [0.25, 0.3) is 0 Å². The molecule has 3 N–H and O–H groups in total. The van der Waals surface area contributed by atoms with Gasteiger partial charge < -0.3 is 39.0 Å². The number of aliphatic carboxylic acids is 1. The van der Waals surface area contributed by atoms with Crippen LogP contribution in [0.2, 0.25) is 0 Å². The van der Waals surface area contributed by atoms with Crippen LogP contribution in [0.5, 0.6) is 0 Å². The first-order chi connectivity index (χ1) is 41.6. The Morgan fingerprint density at radius 3 is 1.16 bits per heavy atom. The van der Waals surface area contributed by atoms with Crippen molar-refractivity contribution in [3.05, 3.63) is 85.1 Å². The number of aliphatic hydroxyl groups is 2. The SMILES string of the molecule is CC/C=C\C/C=C\C/C=C\C/C=C\C/C=C\CCCCCC(=O)OCC(COC1OC(C(=O)O)C(O)C(O)C1OC(=O)CCCCCCCCCCCCCCCCCCC)OC(=O)CCCCCCCCCCC/C=C\C/C=C\CCCCC. The van der Waals surface area contributed by atoms with E-state index in [2.05, 4.69) is 106 Å². The van der Waals surface area contributed by atoms with E-state index in [0.29, 0.717) is 19.3 Å². The van der Waals surface area contributed by atoms with Gasteiger partial charge in [-0.15, -0.1) is 0 Å². The summed E-state index contributed by atoms with van der Waals surface area (Å²) in [5.74, 6) is -3.15. The Bertz CT molecular complexity index is 1800. The van der Waals surface area contributed by atoms with E-state index < -0.39 is 67.3 Å². The number of carboxylic acids is 1. The van der Waals surface area contributed by atoms with E-state index in [1.165, 1.54) is 128 Å². The summed E-state index contributed by atoms with van der Waals surface area (Å²) in [6.07, 6.45) is 66.7. The van der Waals surface area contributed by atoms with Gasteiger partial charge in [0.05, 0.1) is 6.61 Å². The van der Waals surface area contributed by atoms with Crippen LogP contribution in [-0.4, -0.2) is 89.2 Å². The molecule has 6 atom stereocenters. The Labute approximate surface area is 518 Å². The fraction of sp³-hybridized carbons (Fsp3) is 0.753. The van der Waals surface area contributed by atoms with E-state index in [-0.39, 0.29) is 25.9 Å². The molecule has 1 saturated heterocycles. The molecule has 0 amide bonds. The Morgan fingerprint density at radius 2 is 0.741 bits per heavy atom. The highest BCUT2D eigenvalue weighted by Gasteiger charge is 2.50. The van der Waals surface area contributed by atoms with Gasteiger partial charge in [-0.2, -0.15) is 0 Å². The minimum Gasteiger partial charge on any atom is -0.479 e. The van der Waals surface area contributed by atoms with Crippen molar-refractivity contribution in [3.63, 3.8) is 0 Å². The molecular formula is C73H124O12. The number of aliphatic hydroxyl groups excluding tert-OH is 2. The number of ether oxygens (including phenoxy) is 5. The van der Waals surface area contributed by atoms with Gasteiger partial charge in [-0.25, -0.2) is 4.79 Å². The Hall–Kier alpha value is -4.10. The number of unbranched alkanes of at least 4 members (excludes halogenated alkanes) is 31. The van der Waals surface area contributed by atoms with Gasteiger partial charge in [-0.05, 0) is 96.3 Å². The fourth-order valence-electron chi connectivity index (χ4n) is 10.2. The highest BCUT2D eigenvalue weighted by atomic mass is 16.7. The molecule has 0 saturated carbocycles. The minimum atomic E-state index is -1.91. The van der Waals surface area contributed by atoms with Crippen molar-refractivity contribution in [1.82, 2.24) is 0 Å². The lowest BCUT2D eigenvalue weighted by atomic mass is 9.98. The van der Waals surface area contributed by atoms with E-state index in [4.69, 9.17) is 23.7 Å². The van der Waals surface area contributed by atoms with E-state index in [1.807, 2.05) is 0 Å². The number of esters is 3. The van der Waals surface area contributed by atoms with Crippen molar-refractivity contribution in [1.29, 1.82) is 0 Å². The van der Waals surface area contributed by atoms with Crippen LogP contribution in [0.15, 0.2) is 85.1 Å². The van der Waals surface area contributed by atoms with E-state index in [0.717, 1.165) is 116 Å². The smallest absolute Gasteiger partial charge is 0.335 e. The molecule has 6 unspecified atom stereocenters. The monoisotopic (exact) mass is 1190 g/mol. The summed E-state index contributed by atoms with van der Waals surface area (Å²) in [6, 6.07) is 0. The maximum absolute atomic E-state index is 13.2. The Kier molecular flexibility index (Phi) is 55.9. The maximum Gasteiger partial charge on any atom is 0.335 e. The van der Waals surface area contributed by atoms with E-state index in [1.54, 1.807) is 0 Å². The molecule has 12 nitrogen and oxygen atoms in total. The molecule has 1 aliphatic heterocycles. The molecular weight excluding hydrogens is 1070 g/mol. The molecule has 1 aliphatic rings. The molecule has 0 aromatic rings. The first-order valence-electron chi connectivity index (χ1n) is 34.6. The Morgan fingerprint density at radius 1 is 0.400 bits per heavy atom. The van der Waals surface area contributed by atoms with Gasteiger partial charge in [0.2, 0.25) is 0 Å². The number of rotatable bonds is 59. The van der Waals surface area contributed by atoms with Gasteiger partial charge in [-0.1, -0.05) is 273 Å². The molecule has 1 rings (SSSR count). The zero-order chi connectivity index (χ0) is 61.7. The average Bonchev–Trinajstić information content (AvgIpc) is 3.46. The zero-order valence-electron chi connectivity index (χ0n) is 54.1. The maximum atomic E-state index is 13.2. The second-order valence-electron chi connectivity index (χ2n) is 23.4. The van der Waals surface area contributed by atoms with Crippen LogP contribution in [0, 0.1) is 0 Å². The summed E-state index contributed by atoms with van der Waals surface area (Å²) in [7, 11) is 0. The van der Waals surface area contributed by atoms with Gasteiger partial charge in [-0.3, -0.25) is 14.4 Å². The minimum absolute atomic E-state index is 0.0580. The predicted octanol–water partition coefficient (Wildman–Crippen LogP) is 19.0. The van der Waals surface area contributed by atoms with E-state index in [9.17, 15) is 34.5 Å². The number of carbonyl (C=O) groups excluding carboxylic acids is 3. The average molecular weight is 1190 g/mol. The van der Waals surface area contributed by atoms with Gasteiger partial charge in [0, 0.05) is 19.3 Å². The molecule has 0 radical (unpaired) electrons. The quantitative estimate of drug-likeness (QED) is 0.0228. The molecule has 1 fully saturated rings. The summed E-state index contributed by atoms with van der Waals surface area (Å²) in [5.41, 5.74) is 0. The van der Waals surface area contributed by atoms with Crippen molar-refractivity contribution in [2.24, 2.45) is 0 Å². The molecule has 0 aromatic carbocycles. The summed E-state index contributed by atoms with van der Waals surface area (Å²) in [4.78, 5) is 51.5. The molecule has 85 heavy (non-hydrogen) atoms. The number of hydrogen-bond donors (Lipinski definition) is 3. The van der Waals surface area contributed by atoms with Crippen molar-refractivity contribution in [2.75, 3.05) is 13.2 Å². The van der Waals surface area contributed by atoms with Gasteiger partial charge in [0.1, 0.15) is 18.8 Å². The molecule has 0 spiro atoms. The number of carbonyl (C=O) groups is 4. The third-order valence-electron chi connectivity index (χ3n) is 15.5. The first kappa shape index (κ1) is 78.9. The second kappa shape index (κ2) is 60.2. The highest BCUT2D eigenvalue weighted by molar-refractivity contribution is 5.74. The van der Waals surface area contributed by atoms with Crippen LogP contribution in [0.4, 0.5) is 0 Å². The number of allylic oxidation sites excluding steroid dienone is 14. The number of hydrogen-bond acceptors (Lipinski definition) is 11. The molecule has 12 heteroatoms. The van der Waals surface area contributed by atoms with Crippen LogP contribution >= 0.6 is 0 Å². The summed E-state index contributed by atoms with van der Waals surface area (Å²) >= 11 is 0. The van der Waals surface area contributed by atoms with Crippen LogP contribution in [-0.2, 0) is 42.9 Å². The van der Waals surface area contributed by atoms with Gasteiger partial charge in [0.25, 0.3) is 0 Å². The van der Waals surface area contributed by atoms with Gasteiger partial charge in [0.15, 0.2) is 24.6 Å². The lowest BCUT2D eigenvalue weighted by molar-refractivity contribution is -0.301. The molecule has 0 aromatic heterocycles. The van der Waals surface area contributed by atoms with Crippen LogP contribution in [0.3, 0.4) is 0 Å². The third kappa shape index (κ3) is 49.6. The van der Waals surface area contributed by atoms with Gasteiger partial charge >= 0.3 is 23.9 Å². The fourth-order valence-corrected chi connectivity index (χ4v) is 10.2. The van der Waals surface area contributed by atoms with Crippen molar-refractivity contribution in [2.45, 2.75) is 340 Å². The molecule has 0 bridgehead atoms. The molecule has 0 aliphatic carbocycles.